The van der Waals surface area contributed by atoms with Gasteiger partial charge in [-0.15, -0.1) is 0 Å². The first-order valence-electron chi connectivity index (χ1n) is 5.06. The molecule has 1 aromatic rings. The van der Waals surface area contributed by atoms with Crippen molar-refractivity contribution in [2.24, 2.45) is 0 Å². The van der Waals surface area contributed by atoms with E-state index in [9.17, 15) is 0 Å². The minimum absolute atomic E-state index is 0.198. The summed E-state index contributed by atoms with van der Waals surface area (Å²) in [5.41, 5.74) is -0.198. The van der Waals surface area contributed by atoms with Crippen LogP contribution in [0, 0.1) is 0 Å². The molecule has 15 heavy (non-hydrogen) atoms. The third-order valence-corrected chi connectivity index (χ3v) is 1.82. The number of nitrogens with one attached hydrogen (secondary N) is 2. The fourth-order valence-electron chi connectivity index (χ4n) is 1.01. The van der Waals surface area contributed by atoms with Crippen LogP contribution in [0.25, 0.3) is 0 Å². The summed E-state index contributed by atoms with van der Waals surface area (Å²) in [5, 5.41) is 6.01. The second-order valence-corrected chi connectivity index (χ2v) is 3.83. The van der Waals surface area contributed by atoms with E-state index >= 15 is 0 Å². The number of rotatable bonds is 6. The van der Waals surface area contributed by atoms with Gasteiger partial charge in [0.05, 0.1) is 0 Å². The Kier molecular flexibility index (Phi) is 5.10. The highest BCUT2D eigenvalue weighted by Crippen LogP contribution is 2.05. The molecule has 0 aromatic carbocycles. The second-order valence-electron chi connectivity index (χ2n) is 3.17. The number of hydrogen-bond donors (Lipinski definition) is 2. The lowest BCUT2D eigenvalue weighted by molar-refractivity contribution is 0.823. The highest BCUT2D eigenvalue weighted by molar-refractivity contribution is 6.21. The van der Waals surface area contributed by atoms with Crippen LogP contribution in [0.15, 0.2) is 6.33 Å². The highest BCUT2D eigenvalue weighted by Gasteiger charge is 2.01. The summed E-state index contributed by atoms with van der Waals surface area (Å²) in [6.45, 7) is 4.82. The van der Waals surface area contributed by atoms with E-state index in [1.807, 2.05) is 6.92 Å². The first-order valence-corrected chi connectivity index (χ1v) is 5.49. The van der Waals surface area contributed by atoms with E-state index < -0.39 is 0 Å². The van der Waals surface area contributed by atoms with E-state index in [2.05, 4.69) is 32.5 Å². The zero-order chi connectivity index (χ0) is 11.1. The van der Waals surface area contributed by atoms with Gasteiger partial charge in [0.1, 0.15) is 11.8 Å². The first kappa shape index (κ1) is 12.0. The van der Waals surface area contributed by atoms with Gasteiger partial charge in [-0.3, -0.25) is 0 Å². The minimum Gasteiger partial charge on any atom is -0.354 e. The van der Waals surface area contributed by atoms with E-state index in [1.54, 1.807) is 0 Å². The molecule has 0 aliphatic heterocycles. The Morgan fingerprint density at radius 2 is 2.13 bits per heavy atom. The Morgan fingerprint density at radius 3 is 2.80 bits per heavy atom. The van der Waals surface area contributed by atoms with Gasteiger partial charge >= 0.3 is 0 Å². The number of unbranched alkanes of at least 4 members (excludes halogenated alkanes) is 1. The molecule has 1 heterocycles. The third-order valence-electron chi connectivity index (χ3n) is 1.71. The third kappa shape index (κ3) is 4.78. The van der Waals surface area contributed by atoms with Crippen molar-refractivity contribution in [3.8, 4) is 0 Å². The van der Waals surface area contributed by atoms with Crippen LogP contribution in [0.2, 0.25) is 0 Å². The molecule has 2 N–H and O–H groups in total. The average Bonchev–Trinajstić information content (AvgIpc) is 2.18. The van der Waals surface area contributed by atoms with Crippen molar-refractivity contribution in [1.82, 2.24) is 15.0 Å². The summed E-state index contributed by atoms with van der Waals surface area (Å²) < 4.78 is 0. The molecule has 0 radical (unpaired) electrons. The van der Waals surface area contributed by atoms with Crippen LogP contribution in [-0.4, -0.2) is 27.0 Å². The van der Waals surface area contributed by atoms with E-state index in [1.165, 1.54) is 6.33 Å². The van der Waals surface area contributed by atoms with Crippen molar-refractivity contribution in [3.63, 3.8) is 0 Å². The summed E-state index contributed by atoms with van der Waals surface area (Å²) >= 11 is 5.76. The van der Waals surface area contributed by atoms with Gasteiger partial charge in [-0.05, 0) is 13.3 Å². The molecule has 6 heteroatoms. The quantitative estimate of drug-likeness (QED) is 0.444. The predicted octanol–water partition coefficient (Wildman–Crippen LogP) is 2.08. The van der Waals surface area contributed by atoms with Gasteiger partial charge in [-0.2, -0.15) is 4.98 Å². The standard InChI is InChI=1S/C9H16ClN5/c1-3-4-5-11-8-12-6-13-9(15-8)14-7(2)10/h6-7H,3-5H2,1-2H3,(H2,11,12,13,14,15). The number of anilines is 2. The lowest BCUT2D eigenvalue weighted by atomic mass is 10.3. The molecule has 0 bridgehead atoms. The zero-order valence-electron chi connectivity index (χ0n) is 9.00. The van der Waals surface area contributed by atoms with Crippen molar-refractivity contribution in [2.75, 3.05) is 17.2 Å². The summed E-state index contributed by atoms with van der Waals surface area (Å²) in [6.07, 6.45) is 3.70. The van der Waals surface area contributed by atoms with E-state index in [0.29, 0.717) is 11.9 Å². The minimum atomic E-state index is -0.198. The molecule has 0 saturated heterocycles. The van der Waals surface area contributed by atoms with Gasteiger partial charge in [0.15, 0.2) is 0 Å². The molecule has 1 unspecified atom stereocenters. The van der Waals surface area contributed by atoms with Crippen LogP contribution in [0.5, 0.6) is 0 Å². The van der Waals surface area contributed by atoms with Crippen molar-refractivity contribution < 1.29 is 0 Å². The van der Waals surface area contributed by atoms with Gasteiger partial charge in [-0.25, -0.2) is 9.97 Å². The van der Waals surface area contributed by atoms with Crippen molar-refractivity contribution in [2.45, 2.75) is 32.2 Å². The van der Waals surface area contributed by atoms with Crippen LogP contribution >= 0.6 is 11.6 Å². The lowest BCUT2D eigenvalue weighted by Gasteiger charge is -2.07. The van der Waals surface area contributed by atoms with Gasteiger partial charge < -0.3 is 10.6 Å². The van der Waals surface area contributed by atoms with Crippen molar-refractivity contribution >= 4 is 23.5 Å². The Morgan fingerprint density at radius 1 is 1.40 bits per heavy atom. The molecule has 0 amide bonds. The molecular weight excluding hydrogens is 214 g/mol. The smallest absolute Gasteiger partial charge is 0.228 e. The van der Waals surface area contributed by atoms with Crippen LogP contribution in [-0.2, 0) is 0 Å². The molecule has 0 saturated carbocycles. The average molecular weight is 230 g/mol. The van der Waals surface area contributed by atoms with Crippen LogP contribution in [0.4, 0.5) is 11.9 Å². The monoisotopic (exact) mass is 229 g/mol. The molecule has 0 spiro atoms. The highest BCUT2D eigenvalue weighted by atomic mass is 35.5. The number of aromatic nitrogens is 3. The Balaban J connectivity index is 2.50. The van der Waals surface area contributed by atoms with E-state index in [0.717, 1.165) is 19.4 Å². The van der Waals surface area contributed by atoms with E-state index in [4.69, 9.17) is 11.6 Å². The first-order chi connectivity index (χ1) is 7.22. The number of halogens is 1. The van der Waals surface area contributed by atoms with Gasteiger partial charge in [0.2, 0.25) is 11.9 Å². The molecule has 0 aliphatic carbocycles. The lowest BCUT2D eigenvalue weighted by Crippen LogP contribution is -2.12. The maximum atomic E-state index is 5.76. The number of hydrogen-bond acceptors (Lipinski definition) is 5. The molecule has 0 fully saturated rings. The Labute approximate surface area is 94.7 Å². The number of alkyl halides is 1. The zero-order valence-corrected chi connectivity index (χ0v) is 9.75. The summed E-state index contributed by atoms with van der Waals surface area (Å²) in [7, 11) is 0. The molecule has 1 atom stereocenters. The predicted molar refractivity (Wildman–Crippen MR) is 62.2 cm³/mol. The Bertz CT molecular complexity index is 292. The van der Waals surface area contributed by atoms with E-state index in [-0.39, 0.29) is 5.50 Å². The van der Waals surface area contributed by atoms with Gasteiger partial charge in [0.25, 0.3) is 0 Å². The van der Waals surface area contributed by atoms with Gasteiger partial charge in [0, 0.05) is 6.54 Å². The fraction of sp³-hybridized carbons (Fsp3) is 0.667. The second kappa shape index (κ2) is 6.40. The largest absolute Gasteiger partial charge is 0.354 e. The molecule has 1 aromatic heterocycles. The fourth-order valence-corrected chi connectivity index (χ4v) is 1.10. The number of nitrogens with zero attached hydrogens (tertiary/aromatic N) is 3. The normalized spacial score (nSPS) is 12.2. The maximum absolute atomic E-state index is 5.76. The molecule has 0 aliphatic rings. The maximum Gasteiger partial charge on any atom is 0.228 e. The van der Waals surface area contributed by atoms with Crippen LogP contribution < -0.4 is 10.6 Å². The summed E-state index contributed by atoms with van der Waals surface area (Å²) in [5.74, 6) is 1.07. The SMILES string of the molecule is CCCCNc1ncnc(NC(C)Cl)n1. The molecular formula is C9H16ClN5. The van der Waals surface area contributed by atoms with Gasteiger partial charge in [-0.1, -0.05) is 24.9 Å². The topological polar surface area (TPSA) is 62.7 Å². The molecule has 5 nitrogen and oxygen atoms in total. The molecule has 84 valence electrons. The van der Waals surface area contributed by atoms with Crippen molar-refractivity contribution in [1.29, 1.82) is 0 Å². The summed E-state index contributed by atoms with van der Waals surface area (Å²) in [6, 6.07) is 0. The summed E-state index contributed by atoms with van der Waals surface area (Å²) in [4.78, 5) is 12.1. The van der Waals surface area contributed by atoms with Crippen molar-refractivity contribution in [3.05, 3.63) is 6.33 Å². The van der Waals surface area contributed by atoms with Crippen LogP contribution in [0.1, 0.15) is 26.7 Å². The Hall–Kier alpha value is -1.10. The van der Waals surface area contributed by atoms with Crippen LogP contribution in [0.3, 0.4) is 0 Å². The molecule has 1 rings (SSSR count).